The van der Waals surface area contributed by atoms with Crippen molar-refractivity contribution in [1.29, 1.82) is 0 Å². The fraction of sp³-hybridized carbons (Fsp3) is 0.583. The van der Waals surface area contributed by atoms with Crippen LogP contribution in [0.2, 0.25) is 0 Å². The summed E-state index contributed by atoms with van der Waals surface area (Å²) >= 11 is 2.78. The quantitative estimate of drug-likeness (QED) is 0.830. The predicted molar refractivity (Wildman–Crippen MR) is 74.5 cm³/mol. The smallest absolute Gasteiger partial charge is 0.230 e. The van der Waals surface area contributed by atoms with Crippen molar-refractivity contribution in [2.75, 3.05) is 18.1 Å². The zero-order valence-corrected chi connectivity index (χ0v) is 12.2. The Kier molecular flexibility index (Phi) is 3.60. The Labute approximate surface area is 119 Å². The predicted octanol–water partition coefficient (Wildman–Crippen LogP) is 1.60. The summed E-state index contributed by atoms with van der Waals surface area (Å²) in [6.45, 7) is 3.42. The normalized spacial score (nSPS) is 22.7. The monoisotopic (exact) mass is 298 g/mol. The molecule has 1 aromatic heterocycles. The van der Waals surface area contributed by atoms with Crippen LogP contribution in [0, 0.1) is 0 Å². The first kappa shape index (κ1) is 13.1. The molecule has 7 heteroatoms. The number of carbonyl (C=O) groups is 2. The molecule has 0 spiro atoms. The van der Waals surface area contributed by atoms with E-state index in [0.29, 0.717) is 26.2 Å². The topological polar surface area (TPSA) is 59.5 Å². The van der Waals surface area contributed by atoms with E-state index in [1.165, 1.54) is 30.0 Å². The van der Waals surface area contributed by atoms with Crippen molar-refractivity contribution in [3.63, 3.8) is 0 Å². The first-order valence-electron chi connectivity index (χ1n) is 6.17. The lowest BCUT2D eigenvalue weighted by atomic mass is 10.2. The van der Waals surface area contributed by atoms with Gasteiger partial charge in [-0.15, -0.1) is 0 Å². The van der Waals surface area contributed by atoms with Gasteiger partial charge in [-0.2, -0.15) is 0 Å². The van der Waals surface area contributed by atoms with Gasteiger partial charge in [0.25, 0.3) is 0 Å². The molecule has 1 saturated heterocycles. The molecule has 1 atom stereocenters. The van der Waals surface area contributed by atoms with Crippen LogP contribution in [0.5, 0.6) is 0 Å². The van der Waals surface area contributed by atoms with E-state index in [0.717, 1.165) is 22.1 Å². The molecular formula is C12H14N2O3S2. The number of hydrogen-bond donors (Lipinski definition) is 0. The van der Waals surface area contributed by atoms with Crippen LogP contribution in [0.3, 0.4) is 0 Å². The number of rotatable bonds is 2. The molecule has 0 bridgehead atoms. The van der Waals surface area contributed by atoms with E-state index in [2.05, 4.69) is 4.98 Å². The maximum absolute atomic E-state index is 12.0. The Hall–Kier alpha value is -0.920. The average Bonchev–Trinajstić information content (AvgIpc) is 2.91. The number of thioether (sulfide) groups is 1. The van der Waals surface area contributed by atoms with Crippen LogP contribution in [-0.2, 0) is 27.4 Å². The SMILES string of the molecule is CC(=O)SC1CC(=O)N(c2nc3c(s2)COCC3)C1. The number of carbonyl (C=O) groups excluding carboxylic acids is 2. The van der Waals surface area contributed by atoms with Crippen molar-refractivity contribution in [2.24, 2.45) is 0 Å². The summed E-state index contributed by atoms with van der Waals surface area (Å²) in [7, 11) is 0. The lowest BCUT2D eigenvalue weighted by Crippen LogP contribution is -2.24. The lowest BCUT2D eigenvalue weighted by Gasteiger charge is -2.11. The first-order chi connectivity index (χ1) is 9.13. The third-order valence-electron chi connectivity index (χ3n) is 3.14. The number of thiazole rings is 1. The summed E-state index contributed by atoms with van der Waals surface area (Å²) < 4.78 is 5.39. The van der Waals surface area contributed by atoms with Gasteiger partial charge in [0.15, 0.2) is 10.2 Å². The Bertz CT molecular complexity index is 506. The average molecular weight is 298 g/mol. The number of amides is 1. The third-order valence-corrected chi connectivity index (χ3v) is 5.21. The zero-order chi connectivity index (χ0) is 13.4. The van der Waals surface area contributed by atoms with Gasteiger partial charge in [0.2, 0.25) is 5.91 Å². The fourth-order valence-corrected chi connectivity index (χ4v) is 4.29. The molecule has 3 heterocycles. The van der Waals surface area contributed by atoms with E-state index in [4.69, 9.17) is 4.74 Å². The van der Waals surface area contributed by atoms with E-state index in [1.807, 2.05) is 0 Å². The van der Waals surface area contributed by atoms with Crippen molar-refractivity contribution in [1.82, 2.24) is 4.98 Å². The van der Waals surface area contributed by atoms with Gasteiger partial charge in [0.1, 0.15) is 0 Å². The van der Waals surface area contributed by atoms with Crippen LogP contribution in [0.1, 0.15) is 23.9 Å². The summed E-state index contributed by atoms with van der Waals surface area (Å²) in [5.41, 5.74) is 1.06. The summed E-state index contributed by atoms with van der Waals surface area (Å²) in [5.74, 6) is 0.0609. The molecule has 102 valence electrons. The van der Waals surface area contributed by atoms with Gasteiger partial charge in [-0.3, -0.25) is 14.5 Å². The van der Waals surface area contributed by atoms with Crippen LogP contribution in [-0.4, -0.2) is 34.4 Å². The molecule has 1 fully saturated rings. The molecule has 2 aliphatic heterocycles. The number of aromatic nitrogens is 1. The largest absolute Gasteiger partial charge is 0.375 e. The third kappa shape index (κ3) is 2.68. The molecule has 1 amide bonds. The molecule has 1 unspecified atom stereocenters. The molecule has 0 saturated carbocycles. The van der Waals surface area contributed by atoms with Gasteiger partial charge < -0.3 is 4.74 Å². The van der Waals surface area contributed by atoms with Crippen molar-refractivity contribution >= 4 is 39.3 Å². The first-order valence-corrected chi connectivity index (χ1v) is 7.87. The van der Waals surface area contributed by atoms with Gasteiger partial charge in [0.05, 0.1) is 23.8 Å². The highest BCUT2D eigenvalue weighted by Crippen LogP contribution is 2.34. The van der Waals surface area contributed by atoms with Crippen LogP contribution in [0.4, 0.5) is 5.13 Å². The van der Waals surface area contributed by atoms with E-state index in [9.17, 15) is 9.59 Å². The van der Waals surface area contributed by atoms with Crippen molar-refractivity contribution in [3.05, 3.63) is 10.6 Å². The maximum atomic E-state index is 12.0. The van der Waals surface area contributed by atoms with Gasteiger partial charge in [-0.25, -0.2) is 4.98 Å². The van der Waals surface area contributed by atoms with Gasteiger partial charge in [0, 0.05) is 31.6 Å². The van der Waals surface area contributed by atoms with E-state index < -0.39 is 0 Å². The second-order valence-electron chi connectivity index (χ2n) is 4.61. The summed E-state index contributed by atoms with van der Waals surface area (Å²) in [6, 6.07) is 0. The number of anilines is 1. The summed E-state index contributed by atoms with van der Waals surface area (Å²) in [4.78, 5) is 30.5. The maximum Gasteiger partial charge on any atom is 0.230 e. The number of fused-ring (bicyclic) bond motifs is 1. The Balaban J connectivity index is 1.77. The number of hydrogen-bond acceptors (Lipinski definition) is 6. The molecule has 19 heavy (non-hydrogen) atoms. The van der Waals surface area contributed by atoms with Crippen LogP contribution in [0.25, 0.3) is 0 Å². The lowest BCUT2D eigenvalue weighted by molar-refractivity contribution is -0.117. The zero-order valence-electron chi connectivity index (χ0n) is 10.5. The number of nitrogens with zero attached hydrogens (tertiary/aromatic N) is 2. The van der Waals surface area contributed by atoms with Crippen molar-refractivity contribution in [3.8, 4) is 0 Å². The highest BCUT2D eigenvalue weighted by atomic mass is 32.2. The molecule has 1 aromatic rings. The minimum absolute atomic E-state index is 0.0576. The summed E-state index contributed by atoms with van der Waals surface area (Å²) in [6.07, 6.45) is 1.24. The fourth-order valence-electron chi connectivity index (χ4n) is 2.30. The van der Waals surface area contributed by atoms with Gasteiger partial charge in [-0.05, 0) is 0 Å². The number of ether oxygens (including phenoxy) is 1. The highest BCUT2D eigenvalue weighted by molar-refractivity contribution is 8.14. The van der Waals surface area contributed by atoms with E-state index >= 15 is 0 Å². The van der Waals surface area contributed by atoms with Gasteiger partial charge >= 0.3 is 0 Å². The minimum atomic E-state index is 0.0576. The second-order valence-corrected chi connectivity index (χ2v) is 7.15. The highest BCUT2D eigenvalue weighted by Gasteiger charge is 2.34. The Morgan fingerprint density at radius 3 is 3.16 bits per heavy atom. The molecule has 0 aliphatic carbocycles. The van der Waals surface area contributed by atoms with Crippen molar-refractivity contribution < 1.29 is 14.3 Å². The summed E-state index contributed by atoms with van der Waals surface area (Å²) in [5, 5.41) is 0.876. The van der Waals surface area contributed by atoms with Crippen molar-refractivity contribution in [2.45, 2.75) is 31.6 Å². The minimum Gasteiger partial charge on any atom is -0.375 e. The molecule has 0 radical (unpaired) electrons. The van der Waals surface area contributed by atoms with Crippen LogP contribution in [0.15, 0.2) is 0 Å². The van der Waals surface area contributed by atoms with Crippen LogP contribution < -0.4 is 4.90 Å². The van der Waals surface area contributed by atoms with Gasteiger partial charge in [-0.1, -0.05) is 23.1 Å². The molecule has 0 aromatic carbocycles. The van der Waals surface area contributed by atoms with E-state index in [-0.39, 0.29) is 16.3 Å². The Morgan fingerprint density at radius 2 is 2.42 bits per heavy atom. The Morgan fingerprint density at radius 1 is 1.58 bits per heavy atom. The van der Waals surface area contributed by atoms with Crippen LogP contribution >= 0.6 is 23.1 Å². The molecule has 2 aliphatic rings. The van der Waals surface area contributed by atoms with E-state index in [1.54, 1.807) is 4.90 Å². The molecule has 3 rings (SSSR count). The molecular weight excluding hydrogens is 284 g/mol. The standard InChI is InChI=1S/C12H14N2O3S2/c1-7(15)18-8-4-11(16)14(5-8)12-13-9-2-3-17-6-10(9)19-12/h8H,2-6H2,1H3. The second kappa shape index (κ2) is 5.22. The molecule has 5 nitrogen and oxygen atoms in total. The molecule has 0 N–H and O–H groups in total.